The molecule has 0 aliphatic carbocycles. The van der Waals surface area contributed by atoms with E-state index in [2.05, 4.69) is 11.6 Å². The molecule has 3 rings (SSSR count). The molecule has 0 unspecified atom stereocenters. The SMILES string of the molecule is C=CCn1c(=NC(=O)c2ccc([N+](=O)[O-])o2)sc2cccc(C)c21. The van der Waals surface area contributed by atoms with Gasteiger partial charge in [0, 0.05) is 6.54 Å². The van der Waals surface area contributed by atoms with Crippen LogP contribution in [0.3, 0.4) is 0 Å². The van der Waals surface area contributed by atoms with E-state index in [-0.39, 0.29) is 5.76 Å². The number of para-hydroxylation sites is 1. The maximum absolute atomic E-state index is 12.3. The van der Waals surface area contributed by atoms with Crippen molar-refractivity contribution in [2.75, 3.05) is 0 Å². The summed E-state index contributed by atoms with van der Waals surface area (Å²) >= 11 is 1.37. The second kappa shape index (κ2) is 6.25. The number of aryl methyl sites for hydroxylation is 1. The molecule has 0 spiro atoms. The van der Waals surface area contributed by atoms with Crippen LogP contribution in [0.2, 0.25) is 0 Å². The molecule has 24 heavy (non-hydrogen) atoms. The Morgan fingerprint density at radius 1 is 1.46 bits per heavy atom. The second-order valence-corrected chi connectivity index (χ2v) is 6.03. The van der Waals surface area contributed by atoms with Gasteiger partial charge in [0.2, 0.25) is 5.76 Å². The van der Waals surface area contributed by atoms with Gasteiger partial charge >= 0.3 is 11.8 Å². The molecule has 7 nitrogen and oxygen atoms in total. The number of thiazole rings is 1. The topological polar surface area (TPSA) is 90.6 Å². The van der Waals surface area contributed by atoms with E-state index >= 15 is 0 Å². The van der Waals surface area contributed by atoms with Crippen molar-refractivity contribution in [2.24, 2.45) is 4.99 Å². The Kier molecular flexibility index (Phi) is 4.13. The zero-order chi connectivity index (χ0) is 17.3. The highest BCUT2D eigenvalue weighted by atomic mass is 32.1. The Morgan fingerprint density at radius 2 is 2.25 bits per heavy atom. The van der Waals surface area contributed by atoms with Gasteiger partial charge in [0.1, 0.15) is 4.92 Å². The molecular formula is C16H13N3O4S. The highest BCUT2D eigenvalue weighted by molar-refractivity contribution is 7.16. The van der Waals surface area contributed by atoms with E-state index in [1.165, 1.54) is 17.4 Å². The smallest absolute Gasteiger partial charge is 0.395 e. The molecule has 3 aromatic rings. The lowest BCUT2D eigenvalue weighted by atomic mass is 10.2. The first kappa shape index (κ1) is 15.9. The van der Waals surface area contributed by atoms with Crippen LogP contribution in [0.4, 0.5) is 5.88 Å². The van der Waals surface area contributed by atoms with Gasteiger partial charge in [-0.25, -0.2) is 0 Å². The molecule has 0 saturated heterocycles. The van der Waals surface area contributed by atoms with E-state index in [4.69, 9.17) is 4.42 Å². The van der Waals surface area contributed by atoms with Crippen LogP contribution in [-0.4, -0.2) is 15.4 Å². The number of aromatic nitrogens is 1. The molecule has 2 aromatic heterocycles. The first-order chi connectivity index (χ1) is 11.5. The minimum absolute atomic E-state index is 0.166. The van der Waals surface area contributed by atoms with Crippen molar-refractivity contribution in [1.29, 1.82) is 0 Å². The van der Waals surface area contributed by atoms with Crippen molar-refractivity contribution < 1.29 is 14.1 Å². The fourth-order valence-corrected chi connectivity index (χ4v) is 3.49. The lowest BCUT2D eigenvalue weighted by Gasteiger charge is -2.03. The van der Waals surface area contributed by atoms with Crippen molar-refractivity contribution in [2.45, 2.75) is 13.5 Å². The van der Waals surface area contributed by atoms with Gasteiger partial charge in [-0.2, -0.15) is 4.99 Å². The summed E-state index contributed by atoms with van der Waals surface area (Å²) in [6.45, 7) is 6.21. The number of hydrogen-bond acceptors (Lipinski definition) is 5. The van der Waals surface area contributed by atoms with Gasteiger partial charge in [-0.15, -0.1) is 6.58 Å². The Bertz CT molecular complexity index is 1030. The normalized spacial score (nSPS) is 11.8. The van der Waals surface area contributed by atoms with Crippen molar-refractivity contribution in [3.05, 3.63) is 69.2 Å². The average Bonchev–Trinajstić information content (AvgIpc) is 3.14. The maximum Gasteiger partial charge on any atom is 0.433 e. The van der Waals surface area contributed by atoms with Crippen molar-refractivity contribution in [1.82, 2.24) is 4.57 Å². The molecule has 0 radical (unpaired) electrons. The fourth-order valence-electron chi connectivity index (χ4n) is 2.37. The highest BCUT2D eigenvalue weighted by Gasteiger charge is 2.17. The minimum Gasteiger partial charge on any atom is -0.395 e. The van der Waals surface area contributed by atoms with Crippen LogP contribution in [0.15, 0.2) is 52.4 Å². The summed E-state index contributed by atoms with van der Waals surface area (Å²) in [5.74, 6) is -1.31. The number of amides is 1. The molecule has 0 atom stereocenters. The van der Waals surface area contributed by atoms with E-state index < -0.39 is 16.7 Å². The number of carbonyl (C=O) groups is 1. The van der Waals surface area contributed by atoms with Crippen LogP contribution < -0.4 is 4.80 Å². The van der Waals surface area contributed by atoms with Crippen LogP contribution in [0.1, 0.15) is 16.1 Å². The molecular weight excluding hydrogens is 330 g/mol. The van der Waals surface area contributed by atoms with Crippen molar-refractivity contribution >= 4 is 33.3 Å². The minimum atomic E-state index is -0.697. The van der Waals surface area contributed by atoms with Gasteiger partial charge in [-0.3, -0.25) is 14.9 Å². The van der Waals surface area contributed by atoms with Crippen LogP contribution >= 0.6 is 11.3 Å². The van der Waals surface area contributed by atoms with Gasteiger partial charge in [0.15, 0.2) is 4.80 Å². The predicted octanol–water partition coefficient (Wildman–Crippen LogP) is 3.44. The molecule has 1 amide bonds. The molecule has 0 saturated carbocycles. The lowest BCUT2D eigenvalue weighted by Crippen LogP contribution is -2.16. The third kappa shape index (κ3) is 2.79. The zero-order valence-electron chi connectivity index (χ0n) is 12.8. The van der Waals surface area contributed by atoms with Crippen LogP contribution in [0.5, 0.6) is 0 Å². The summed E-state index contributed by atoms with van der Waals surface area (Å²) in [4.78, 5) is 26.8. The molecule has 0 bridgehead atoms. The van der Waals surface area contributed by atoms with Crippen LogP contribution in [-0.2, 0) is 6.54 Å². The molecule has 2 heterocycles. The molecule has 8 heteroatoms. The van der Waals surface area contributed by atoms with E-state index in [0.29, 0.717) is 11.3 Å². The monoisotopic (exact) mass is 343 g/mol. The molecule has 0 aliphatic rings. The number of carbonyl (C=O) groups excluding carboxylic acids is 1. The van der Waals surface area contributed by atoms with E-state index in [9.17, 15) is 14.9 Å². The number of rotatable bonds is 4. The number of hydrogen-bond donors (Lipinski definition) is 0. The Balaban J connectivity index is 2.13. The standard InChI is InChI=1S/C16H13N3O4S/c1-3-9-18-14-10(2)5-4-6-12(14)24-16(18)17-15(20)11-7-8-13(23-11)19(21)22/h3-8H,1,9H2,2H3. The maximum atomic E-state index is 12.3. The number of nitrogens with zero attached hydrogens (tertiary/aromatic N) is 3. The van der Waals surface area contributed by atoms with Crippen LogP contribution in [0, 0.1) is 17.0 Å². The summed E-state index contributed by atoms with van der Waals surface area (Å²) in [5, 5.41) is 10.6. The van der Waals surface area contributed by atoms with Gasteiger partial charge in [0.05, 0.1) is 16.3 Å². The highest BCUT2D eigenvalue weighted by Crippen LogP contribution is 2.21. The molecule has 0 aliphatic heterocycles. The zero-order valence-corrected chi connectivity index (χ0v) is 13.6. The summed E-state index contributed by atoms with van der Waals surface area (Å²) in [5.41, 5.74) is 2.05. The summed E-state index contributed by atoms with van der Waals surface area (Å²) < 4.78 is 7.79. The molecule has 0 N–H and O–H groups in total. The first-order valence-corrected chi connectivity index (χ1v) is 7.86. The quantitative estimate of drug-likeness (QED) is 0.412. The average molecular weight is 343 g/mol. The second-order valence-electron chi connectivity index (χ2n) is 5.02. The number of fused-ring (bicyclic) bond motifs is 1. The van der Waals surface area contributed by atoms with Gasteiger partial charge in [0.25, 0.3) is 0 Å². The predicted molar refractivity (Wildman–Crippen MR) is 90.0 cm³/mol. The summed E-state index contributed by atoms with van der Waals surface area (Å²) in [6.07, 6.45) is 1.72. The van der Waals surface area contributed by atoms with Crippen molar-refractivity contribution in [3.63, 3.8) is 0 Å². The first-order valence-electron chi connectivity index (χ1n) is 7.04. The number of benzene rings is 1. The Hall–Kier alpha value is -3.00. The third-order valence-electron chi connectivity index (χ3n) is 3.39. The van der Waals surface area contributed by atoms with Crippen LogP contribution in [0.25, 0.3) is 10.2 Å². The van der Waals surface area contributed by atoms with Crippen molar-refractivity contribution in [3.8, 4) is 0 Å². The lowest BCUT2D eigenvalue weighted by molar-refractivity contribution is -0.402. The van der Waals surface area contributed by atoms with Gasteiger partial charge in [-0.05, 0) is 24.6 Å². The molecule has 1 aromatic carbocycles. The Morgan fingerprint density at radius 3 is 2.92 bits per heavy atom. The van der Waals surface area contributed by atoms with Gasteiger partial charge in [-0.1, -0.05) is 29.5 Å². The van der Waals surface area contributed by atoms with E-state index in [1.54, 1.807) is 6.08 Å². The summed E-state index contributed by atoms with van der Waals surface area (Å²) in [7, 11) is 0. The van der Waals surface area contributed by atoms with Gasteiger partial charge < -0.3 is 8.98 Å². The number of allylic oxidation sites excluding steroid dienone is 1. The third-order valence-corrected chi connectivity index (χ3v) is 4.44. The van der Waals surface area contributed by atoms with E-state index in [0.717, 1.165) is 21.8 Å². The molecule has 0 fully saturated rings. The number of furan rings is 1. The Labute approximate surface area is 140 Å². The fraction of sp³-hybridized carbons (Fsp3) is 0.125. The van der Waals surface area contributed by atoms with E-state index in [1.807, 2.05) is 29.7 Å². The largest absolute Gasteiger partial charge is 0.433 e. The number of nitro groups is 1. The molecule has 122 valence electrons. The summed E-state index contributed by atoms with van der Waals surface area (Å²) in [6, 6.07) is 8.26.